The van der Waals surface area contributed by atoms with Gasteiger partial charge in [-0.05, 0) is 53.6 Å². The molecule has 2 heterocycles. The second-order valence-corrected chi connectivity index (χ2v) is 6.77. The number of nitrogens with zero attached hydrogens (tertiary/aromatic N) is 1. The Labute approximate surface area is 176 Å². The fourth-order valence-corrected chi connectivity index (χ4v) is 2.97. The van der Waals surface area contributed by atoms with Crippen molar-refractivity contribution in [2.75, 3.05) is 0 Å². The predicted molar refractivity (Wildman–Crippen MR) is 108 cm³/mol. The van der Waals surface area contributed by atoms with Gasteiger partial charge in [0.05, 0.1) is 12.8 Å². The number of hydrogen-bond acceptors (Lipinski definition) is 5. The van der Waals surface area contributed by atoms with E-state index in [2.05, 4.69) is 5.32 Å². The molecular formula is C23H17FN2O5. The van der Waals surface area contributed by atoms with Crippen molar-refractivity contribution < 1.29 is 27.9 Å². The van der Waals surface area contributed by atoms with E-state index >= 15 is 0 Å². The largest absolute Gasteiger partial charge is 0.489 e. The second-order valence-electron chi connectivity index (χ2n) is 6.77. The van der Waals surface area contributed by atoms with Crippen molar-refractivity contribution in [3.63, 3.8) is 0 Å². The van der Waals surface area contributed by atoms with E-state index in [1.54, 1.807) is 48.5 Å². The molecule has 1 N–H and O–H groups in total. The Morgan fingerprint density at radius 3 is 2.42 bits per heavy atom. The summed E-state index contributed by atoms with van der Waals surface area (Å²) in [5.74, 6) is -0.795. The number of halogens is 1. The van der Waals surface area contributed by atoms with Crippen LogP contribution in [0.25, 0.3) is 6.08 Å². The molecule has 3 aromatic rings. The fraction of sp³-hybridized carbons (Fsp3) is 0.0870. The summed E-state index contributed by atoms with van der Waals surface area (Å²) >= 11 is 0. The molecule has 2 aromatic carbocycles. The summed E-state index contributed by atoms with van der Waals surface area (Å²) in [7, 11) is 0. The summed E-state index contributed by atoms with van der Waals surface area (Å²) in [6.45, 7) is 0.184. The fourth-order valence-electron chi connectivity index (χ4n) is 2.97. The molecule has 0 unspecified atom stereocenters. The first kappa shape index (κ1) is 20.1. The number of hydrogen-bond donors (Lipinski definition) is 1. The standard InChI is InChI=1S/C23H17FN2O5/c24-17-7-3-16(4-8-17)14-31-18-9-5-15(6-10-18)12-20-21(27)25-23(29)26(22(20)28)13-19-2-1-11-30-19/h1-12H,13-14H2,(H,25,27,29). The van der Waals surface area contributed by atoms with E-state index in [0.717, 1.165) is 10.5 Å². The number of benzene rings is 2. The van der Waals surface area contributed by atoms with Crippen LogP contribution in [0.2, 0.25) is 0 Å². The Morgan fingerprint density at radius 1 is 1.00 bits per heavy atom. The van der Waals surface area contributed by atoms with Gasteiger partial charge in [0.2, 0.25) is 0 Å². The smallest absolute Gasteiger partial charge is 0.331 e. The highest BCUT2D eigenvalue weighted by Gasteiger charge is 2.36. The van der Waals surface area contributed by atoms with Gasteiger partial charge in [-0.15, -0.1) is 0 Å². The highest BCUT2D eigenvalue weighted by atomic mass is 19.1. The molecule has 8 heteroatoms. The Morgan fingerprint density at radius 2 is 1.74 bits per heavy atom. The maximum Gasteiger partial charge on any atom is 0.331 e. The molecule has 0 radical (unpaired) electrons. The topological polar surface area (TPSA) is 88.9 Å². The highest BCUT2D eigenvalue weighted by molar-refractivity contribution is 6.30. The SMILES string of the molecule is O=C1NC(=O)N(Cc2ccco2)C(=O)C1=Cc1ccc(OCc2ccc(F)cc2)cc1. The van der Waals surface area contributed by atoms with Crippen molar-refractivity contribution in [3.8, 4) is 5.75 Å². The highest BCUT2D eigenvalue weighted by Crippen LogP contribution is 2.20. The molecule has 0 atom stereocenters. The van der Waals surface area contributed by atoms with Gasteiger partial charge >= 0.3 is 6.03 Å². The molecule has 0 saturated carbocycles. The number of amides is 4. The van der Waals surface area contributed by atoms with Gasteiger partial charge in [0.15, 0.2) is 0 Å². The molecule has 4 amide bonds. The molecule has 0 spiro atoms. The average Bonchev–Trinajstić information content (AvgIpc) is 3.28. The minimum atomic E-state index is -0.798. The number of furan rings is 1. The van der Waals surface area contributed by atoms with E-state index in [9.17, 15) is 18.8 Å². The Balaban J connectivity index is 1.46. The first-order chi connectivity index (χ1) is 15.0. The predicted octanol–water partition coefficient (Wildman–Crippen LogP) is 3.66. The first-order valence-electron chi connectivity index (χ1n) is 9.38. The molecule has 31 heavy (non-hydrogen) atoms. The Bertz CT molecular complexity index is 1140. The van der Waals surface area contributed by atoms with E-state index in [1.165, 1.54) is 24.5 Å². The molecule has 0 aliphatic carbocycles. The number of ether oxygens (including phenoxy) is 1. The summed E-state index contributed by atoms with van der Waals surface area (Å²) in [5.41, 5.74) is 1.24. The van der Waals surface area contributed by atoms with Crippen molar-refractivity contribution in [1.82, 2.24) is 10.2 Å². The van der Waals surface area contributed by atoms with Crippen LogP contribution in [-0.2, 0) is 22.7 Å². The third-order valence-corrected chi connectivity index (χ3v) is 4.59. The van der Waals surface area contributed by atoms with Crippen molar-refractivity contribution in [2.24, 2.45) is 0 Å². The Kier molecular flexibility index (Phi) is 5.61. The first-order valence-corrected chi connectivity index (χ1v) is 9.38. The van der Waals surface area contributed by atoms with Crippen LogP contribution in [0.3, 0.4) is 0 Å². The molecule has 1 aliphatic rings. The number of urea groups is 1. The van der Waals surface area contributed by atoms with Crippen LogP contribution >= 0.6 is 0 Å². The van der Waals surface area contributed by atoms with Crippen molar-refractivity contribution in [3.05, 3.63) is 95.2 Å². The van der Waals surface area contributed by atoms with Crippen LogP contribution in [0, 0.1) is 5.82 Å². The zero-order valence-electron chi connectivity index (χ0n) is 16.2. The summed E-state index contributed by atoms with van der Waals surface area (Å²) in [6, 6.07) is 15.2. The van der Waals surface area contributed by atoms with Crippen LogP contribution in [0.1, 0.15) is 16.9 Å². The molecule has 1 fully saturated rings. The normalized spacial score (nSPS) is 15.3. The molecule has 4 rings (SSSR count). The molecule has 1 aliphatic heterocycles. The van der Waals surface area contributed by atoms with Crippen LogP contribution < -0.4 is 10.1 Å². The number of imide groups is 2. The summed E-state index contributed by atoms with van der Waals surface area (Å²) in [5, 5.41) is 2.16. The van der Waals surface area contributed by atoms with E-state index < -0.39 is 17.8 Å². The molecular weight excluding hydrogens is 403 g/mol. The third kappa shape index (κ3) is 4.69. The van der Waals surface area contributed by atoms with Gasteiger partial charge in [-0.1, -0.05) is 24.3 Å². The van der Waals surface area contributed by atoms with E-state index in [4.69, 9.17) is 9.15 Å². The summed E-state index contributed by atoms with van der Waals surface area (Å²) in [6.07, 6.45) is 2.84. The molecule has 1 aromatic heterocycles. The number of carbonyl (C=O) groups is 3. The van der Waals surface area contributed by atoms with Gasteiger partial charge in [-0.25, -0.2) is 9.18 Å². The van der Waals surface area contributed by atoms with Gasteiger partial charge in [0.25, 0.3) is 11.8 Å². The quantitative estimate of drug-likeness (QED) is 0.486. The molecule has 7 nitrogen and oxygen atoms in total. The number of barbiturate groups is 1. The zero-order valence-corrected chi connectivity index (χ0v) is 16.2. The number of nitrogens with one attached hydrogen (secondary N) is 1. The van der Waals surface area contributed by atoms with Gasteiger partial charge in [-0.2, -0.15) is 0 Å². The summed E-state index contributed by atoms with van der Waals surface area (Å²) < 4.78 is 23.8. The molecule has 1 saturated heterocycles. The molecule has 0 bridgehead atoms. The van der Waals surface area contributed by atoms with E-state index in [0.29, 0.717) is 17.1 Å². The number of carbonyl (C=O) groups excluding carboxylic acids is 3. The average molecular weight is 420 g/mol. The van der Waals surface area contributed by atoms with Crippen LogP contribution in [0.5, 0.6) is 5.75 Å². The minimum Gasteiger partial charge on any atom is -0.489 e. The summed E-state index contributed by atoms with van der Waals surface area (Å²) in [4.78, 5) is 37.9. The second kappa shape index (κ2) is 8.66. The van der Waals surface area contributed by atoms with Crippen LogP contribution in [0.4, 0.5) is 9.18 Å². The van der Waals surface area contributed by atoms with E-state index in [-0.39, 0.29) is 24.5 Å². The maximum atomic E-state index is 13.0. The van der Waals surface area contributed by atoms with Gasteiger partial charge in [0, 0.05) is 0 Å². The lowest BCUT2D eigenvalue weighted by molar-refractivity contribution is -0.130. The van der Waals surface area contributed by atoms with Gasteiger partial charge in [0.1, 0.15) is 29.5 Å². The lowest BCUT2D eigenvalue weighted by atomic mass is 10.1. The minimum absolute atomic E-state index is 0.0849. The van der Waals surface area contributed by atoms with E-state index in [1.807, 2.05) is 0 Å². The number of rotatable bonds is 6. The monoisotopic (exact) mass is 420 g/mol. The third-order valence-electron chi connectivity index (χ3n) is 4.59. The van der Waals surface area contributed by atoms with Crippen molar-refractivity contribution >= 4 is 23.9 Å². The van der Waals surface area contributed by atoms with Crippen molar-refractivity contribution in [1.29, 1.82) is 0 Å². The Hall–Kier alpha value is -4.20. The van der Waals surface area contributed by atoms with Crippen LogP contribution in [0.15, 0.2) is 76.9 Å². The van der Waals surface area contributed by atoms with Gasteiger partial charge in [-0.3, -0.25) is 19.8 Å². The van der Waals surface area contributed by atoms with Gasteiger partial charge < -0.3 is 9.15 Å². The lowest BCUT2D eigenvalue weighted by Gasteiger charge is -2.25. The lowest BCUT2D eigenvalue weighted by Crippen LogP contribution is -2.53. The maximum absolute atomic E-state index is 13.0. The van der Waals surface area contributed by atoms with Crippen molar-refractivity contribution in [2.45, 2.75) is 13.2 Å². The zero-order chi connectivity index (χ0) is 21.8. The van der Waals surface area contributed by atoms with Crippen LogP contribution in [-0.4, -0.2) is 22.7 Å². The molecule has 156 valence electrons.